The van der Waals surface area contributed by atoms with E-state index in [0.29, 0.717) is 6.54 Å². The average molecular weight is 408 g/mol. The van der Waals surface area contributed by atoms with Gasteiger partial charge in [-0.3, -0.25) is 4.90 Å². The molecule has 1 N–H and O–H groups in total. The summed E-state index contributed by atoms with van der Waals surface area (Å²) < 4.78 is 11.1. The smallest absolute Gasteiger partial charge is 0.318 e. The number of benzene rings is 2. The molecule has 2 aromatic rings. The number of amides is 2. The number of urea groups is 1. The molecule has 0 radical (unpaired) electrons. The van der Waals surface area contributed by atoms with Crippen molar-refractivity contribution >= 4 is 6.03 Å². The minimum atomic E-state index is -0.152. The van der Waals surface area contributed by atoms with Crippen molar-refractivity contribution in [1.29, 1.82) is 0 Å². The molecule has 0 bridgehead atoms. The first-order chi connectivity index (χ1) is 14.5. The third kappa shape index (κ3) is 3.10. The van der Waals surface area contributed by atoms with Gasteiger partial charge in [0.15, 0.2) is 11.5 Å². The number of hydrogen-bond donors (Lipinski definition) is 1. The minimum Gasteiger partial charge on any atom is -0.454 e. The average Bonchev–Trinajstić information content (AvgIpc) is 3.35. The lowest BCUT2D eigenvalue weighted by molar-refractivity contribution is 0.0617. The fourth-order valence-corrected chi connectivity index (χ4v) is 5.40. The summed E-state index contributed by atoms with van der Waals surface area (Å²) in [6.45, 7) is 1.51. The van der Waals surface area contributed by atoms with Gasteiger partial charge < -0.3 is 19.7 Å². The van der Waals surface area contributed by atoms with E-state index < -0.39 is 0 Å². The van der Waals surface area contributed by atoms with E-state index in [4.69, 9.17) is 9.47 Å². The van der Waals surface area contributed by atoms with Crippen molar-refractivity contribution in [2.75, 3.05) is 27.4 Å². The molecule has 6 heteroatoms. The molecule has 2 aromatic carbocycles. The van der Waals surface area contributed by atoms with Crippen LogP contribution in [-0.2, 0) is 12.1 Å². The number of nitrogens with one attached hydrogen (secondary N) is 1. The normalized spacial score (nSPS) is 27.7. The maximum atomic E-state index is 12.8. The van der Waals surface area contributed by atoms with Crippen LogP contribution in [0.5, 0.6) is 11.5 Å². The number of carbonyl (C=O) groups is 1. The van der Waals surface area contributed by atoms with Crippen molar-refractivity contribution in [3.63, 3.8) is 0 Å². The second-order valence-corrected chi connectivity index (χ2v) is 9.01. The van der Waals surface area contributed by atoms with Gasteiger partial charge in [-0.05, 0) is 51.4 Å². The Morgan fingerprint density at radius 3 is 2.50 bits per heavy atom. The number of ether oxygens (including phenoxy) is 2. The standard InChI is InChI=1S/C24H29N3O3/c1-26(2)24(19-8-4-3-5-9-19)13-11-23(12-14-24)16-27(22(28)25-23)15-18-7-6-10-20-21(18)30-17-29-20/h3-10H,11-17H2,1-2H3,(H,25,28). The Bertz CT molecular complexity index is 936. The molecule has 1 saturated carbocycles. The van der Waals surface area contributed by atoms with Gasteiger partial charge >= 0.3 is 6.03 Å². The zero-order chi connectivity index (χ0) is 20.8. The molecule has 2 heterocycles. The summed E-state index contributed by atoms with van der Waals surface area (Å²) in [5.41, 5.74) is 2.24. The molecule has 2 aliphatic heterocycles. The summed E-state index contributed by atoms with van der Waals surface area (Å²) in [4.78, 5) is 17.1. The lowest BCUT2D eigenvalue weighted by atomic mass is 9.69. The zero-order valence-corrected chi connectivity index (χ0v) is 17.7. The summed E-state index contributed by atoms with van der Waals surface area (Å²) in [7, 11) is 4.34. The molecule has 2 amide bonds. The van der Waals surface area contributed by atoms with E-state index in [1.165, 1.54) is 5.56 Å². The van der Waals surface area contributed by atoms with Gasteiger partial charge in [-0.25, -0.2) is 4.79 Å². The van der Waals surface area contributed by atoms with Crippen LogP contribution in [0.3, 0.4) is 0 Å². The number of para-hydroxylation sites is 1. The Balaban J connectivity index is 1.32. The number of fused-ring (bicyclic) bond motifs is 1. The fourth-order valence-electron chi connectivity index (χ4n) is 5.40. The highest BCUT2D eigenvalue weighted by Crippen LogP contribution is 2.46. The summed E-state index contributed by atoms with van der Waals surface area (Å²) in [5, 5.41) is 3.33. The molecule has 0 atom stereocenters. The monoisotopic (exact) mass is 407 g/mol. The Labute approximate surface area is 177 Å². The van der Waals surface area contributed by atoms with Gasteiger partial charge in [-0.2, -0.15) is 0 Å². The molecular weight excluding hydrogens is 378 g/mol. The molecule has 2 fully saturated rings. The Hall–Kier alpha value is -2.73. The van der Waals surface area contributed by atoms with Gasteiger partial charge in [-0.1, -0.05) is 42.5 Å². The molecule has 158 valence electrons. The first-order valence-corrected chi connectivity index (χ1v) is 10.7. The Kier molecular flexibility index (Phi) is 4.62. The molecule has 5 rings (SSSR count). The van der Waals surface area contributed by atoms with Gasteiger partial charge in [0, 0.05) is 17.6 Å². The van der Waals surface area contributed by atoms with Gasteiger partial charge in [-0.15, -0.1) is 0 Å². The summed E-state index contributed by atoms with van der Waals surface area (Å²) >= 11 is 0. The van der Waals surface area contributed by atoms with Crippen molar-refractivity contribution in [2.24, 2.45) is 0 Å². The van der Waals surface area contributed by atoms with Crippen molar-refractivity contribution in [3.05, 3.63) is 59.7 Å². The summed E-state index contributed by atoms with van der Waals surface area (Å²) in [6, 6.07) is 16.7. The lowest BCUT2D eigenvalue weighted by Crippen LogP contribution is -2.54. The van der Waals surface area contributed by atoms with E-state index in [2.05, 4.69) is 54.6 Å². The molecule has 1 saturated heterocycles. The predicted octanol–water partition coefficient (Wildman–Crippen LogP) is 3.71. The van der Waals surface area contributed by atoms with E-state index in [-0.39, 0.29) is 23.9 Å². The molecule has 3 aliphatic rings. The minimum absolute atomic E-state index is 0.0172. The van der Waals surface area contributed by atoms with Crippen LogP contribution in [0, 0.1) is 0 Å². The van der Waals surface area contributed by atoms with Crippen LogP contribution in [0.25, 0.3) is 0 Å². The Morgan fingerprint density at radius 1 is 1.00 bits per heavy atom. The first-order valence-electron chi connectivity index (χ1n) is 10.7. The topological polar surface area (TPSA) is 54.0 Å². The largest absolute Gasteiger partial charge is 0.454 e. The lowest BCUT2D eigenvalue weighted by Gasteiger charge is -2.48. The van der Waals surface area contributed by atoms with Crippen molar-refractivity contribution in [2.45, 2.75) is 43.3 Å². The van der Waals surface area contributed by atoms with Crippen LogP contribution in [0.1, 0.15) is 36.8 Å². The number of nitrogens with zero attached hydrogens (tertiary/aromatic N) is 2. The van der Waals surface area contributed by atoms with Gasteiger partial charge in [0.05, 0.1) is 12.1 Å². The van der Waals surface area contributed by atoms with Crippen LogP contribution in [-0.4, -0.2) is 48.8 Å². The molecule has 1 aliphatic carbocycles. The van der Waals surface area contributed by atoms with Crippen LogP contribution < -0.4 is 14.8 Å². The second kappa shape index (κ2) is 7.20. The Morgan fingerprint density at radius 2 is 1.77 bits per heavy atom. The van der Waals surface area contributed by atoms with E-state index in [9.17, 15) is 4.79 Å². The van der Waals surface area contributed by atoms with Crippen LogP contribution in [0.15, 0.2) is 48.5 Å². The molecule has 1 spiro atoms. The maximum absolute atomic E-state index is 12.8. The van der Waals surface area contributed by atoms with Crippen LogP contribution in [0.2, 0.25) is 0 Å². The van der Waals surface area contributed by atoms with Crippen LogP contribution in [0.4, 0.5) is 4.79 Å². The van der Waals surface area contributed by atoms with E-state index in [0.717, 1.165) is 49.3 Å². The summed E-state index contributed by atoms with van der Waals surface area (Å²) in [6.07, 6.45) is 3.98. The third-order valence-corrected chi connectivity index (χ3v) is 7.19. The SMILES string of the molecule is CN(C)C1(c2ccccc2)CCC2(CC1)CN(Cc1cccc3c1OCO3)C(=O)N2. The maximum Gasteiger partial charge on any atom is 0.318 e. The van der Waals surface area contributed by atoms with Crippen LogP contribution >= 0.6 is 0 Å². The first kappa shape index (κ1) is 19.2. The second-order valence-electron chi connectivity index (χ2n) is 9.01. The molecule has 6 nitrogen and oxygen atoms in total. The van der Waals surface area contributed by atoms with E-state index in [1.54, 1.807) is 0 Å². The van der Waals surface area contributed by atoms with E-state index in [1.807, 2.05) is 23.1 Å². The van der Waals surface area contributed by atoms with E-state index >= 15 is 0 Å². The molecule has 30 heavy (non-hydrogen) atoms. The van der Waals surface area contributed by atoms with Crippen molar-refractivity contribution in [3.8, 4) is 11.5 Å². The van der Waals surface area contributed by atoms with Gasteiger partial charge in [0.25, 0.3) is 0 Å². The fraction of sp³-hybridized carbons (Fsp3) is 0.458. The molecule has 0 aromatic heterocycles. The van der Waals surface area contributed by atoms with Crippen molar-refractivity contribution in [1.82, 2.24) is 15.1 Å². The summed E-state index contributed by atoms with van der Waals surface area (Å²) in [5.74, 6) is 1.53. The van der Waals surface area contributed by atoms with Gasteiger partial charge in [0.2, 0.25) is 6.79 Å². The highest BCUT2D eigenvalue weighted by Gasteiger charge is 2.50. The van der Waals surface area contributed by atoms with Gasteiger partial charge in [0.1, 0.15) is 0 Å². The number of rotatable bonds is 4. The van der Waals surface area contributed by atoms with Crippen molar-refractivity contribution < 1.29 is 14.3 Å². The highest BCUT2D eigenvalue weighted by atomic mass is 16.7. The quantitative estimate of drug-likeness (QED) is 0.840. The number of carbonyl (C=O) groups excluding carboxylic acids is 1. The zero-order valence-electron chi connectivity index (χ0n) is 17.7. The highest BCUT2D eigenvalue weighted by molar-refractivity contribution is 5.78. The molecule has 0 unspecified atom stereocenters. The molecular formula is C24H29N3O3. The third-order valence-electron chi connectivity index (χ3n) is 7.19. The number of hydrogen-bond acceptors (Lipinski definition) is 4. The predicted molar refractivity (Wildman–Crippen MR) is 115 cm³/mol.